The Kier molecular flexibility index (Phi) is 5.18. The number of para-hydroxylation sites is 2. The molecule has 32 heavy (non-hydrogen) atoms. The van der Waals surface area contributed by atoms with E-state index in [1.54, 1.807) is 10.9 Å². The van der Waals surface area contributed by atoms with Gasteiger partial charge in [0.25, 0.3) is 0 Å². The Labute approximate surface area is 185 Å². The number of aromatic amines is 2. The zero-order chi connectivity index (χ0) is 22.1. The predicted molar refractivity (Wildman–Crippen MR) is 125 cm³/mol. The number of carbonyl (C=O) groups excluding carboxylic acids is 1. The second-order valence-corrected chi connectivity index (χ2v) is 8.39. The summed E-state index contributed by atoms with van der Waals surface area (Å²) in [5, 5.41) is 15.9. The monoisotopic (exact) mass is 427 g/mol. The molecule has 0 unspecified atom stereocenters. The van der Waals surface area contributed by atoms with Gasteiger partial charge in [-0.3, -0.25) is 14.6 Å². The lowest BCUT2D eigenvalue weighted by molar-refractivity contribution is -0.121. The summed E-state index contributed by atoms with van der Waals surface area (Å²) in [6.07, 6.45) is 4.63. The fourth-order valence-corrected chi connectivity index (χ4v) is 3.75. The van der Waals surface area contributed by atoms with E-state index in [2.05, 4.69) is 44.4 Å². The Balaban J connectivity index is 1.34. The van der Waals surface area contributed by atoms with E-state index in [4.69, 9.17) is 0 Å². The number of hydrogen-bond donors (Lipinski definition) is 3. The summed E-state index contributed by atoms with van der Waals surface area (Å²) in [5.74, 6) is 1.28. The first-order valence-electron chi connectivity index (χ1n) is 10.8. The molecule has 8 nitrogen and oxygen atoms in total. The lowest BCUT2D eigenvalue weighted by Gasteiger charge is -2.07. The summed E-state index contributed by atoms with van der Waals surface area (Å²) in [6, 6.07) is 14.0. The zero-order valence-corrected chi connectivity index (χ0v) is 18.1. The van der Waals surface area contributed by atoms with Gasteiger partial charge in [-0.15, -0.1) is 0 Å². The van der Waals surface area contributed by atoms with Crippen LogP contribution in [0.4, 0.5) is 0 Å². The van der Waals surface area contributed by atoms with Gasteiger partial charge >= 0.3 is 0 Å². The average molecular weight is 428 g/mol. The molecule has 8 heteroatoms. The fraction of sp³-hybridized carbons (Fsp3) is 0.250. The maximum absolute atomic E-state index is 12.1. The maximum Gasteiger partial charge on any atom is 0.241 e. The Morgan fingerprint density at radius 3 is 2.84 bits per heavy atom. The van der Waals surface area contributed by atoms with Crippen LogP contribution < -0.4 is 5.32 Å². The molecule has 1 amide bonds. The van der Waals surface area contributed by atoms with Crippen LogP contribution in [-0.2, 0) is 11.3 Å². The first-order valence-corrected chi connectivity index (χ1v) is 10.8. The molecular formula is C24H25N7O. The number of hydrogen-bond acceptors (Lipinski definition) is 4. The van der Waals surface area contributed by atoms with E-state index in [9.17, 15) is 4.79 Å². The van der Waals surface area contributed by atoms with E-state index >= 15 is 0 Å². The molecular weight excluding hydrogens is 402 g/mol. The van der Waals surface area contributed by atoms with E-state index in [1.165, 1.54) is 0 Å². The van der Waals surface area contributed by atoms with Gasteiger partial charge in [0.05, 0.1) is 22.7 Å². The van der Waals surface area contributed by atoms with Gasteiger partial charge in [-0.1, -0.05) is 32.0 Å². The van der Waals surface area contributed by atoms with Crippen molar-refractivity contribution in [3.63, 3.8) is 0 Å². The van der Waals surface area contributed by atoms with Crippen LogP contribution in [0.25, 0.3) is 44.6 Å². The molecule has 3 N–H and O–H groups in total. The van der Waals surface area contributed by atoms with Crippen molar-refractivity contribution in [3.05, 3.63) is 54.9 Å². The van der Waals surface area contributed by atoms with Crippen LogP contribution in [0.1, 0.15) is 20.3 Å². The minimum atomic E-state index is -0.0280. The van der Waals surface area contributed by atoms with E-state index in [0.29, 0.717) is 12.5 Å². The molecule has 162 valence electrons. The maximum atomic E-state index is 12.1. The normalized spacial score (nSPS) is 11.6. The SMILES string of the molecule is CC(C)CCNC(=O)Cn1cc(-c2ccc3c(-c4nc5ccccc5[nH]4)n[nH]c3c2)cn1. The molecule has 3 aromatic heterocycles. The Morgan fingerprint density at radius 2 is 2.00 bits per heavy atom. The predicted octanol–water partition coefficient (Wildman–Crippen LogP) is 4.13. The number of fused-ring (bicyclic) bond motifs is 2. The molecule has 5 aromatic rings. The molecule has 0 atom stereocenters. The van der Waals surface area contributed by atoms with Gasteiger partial charge in [0.2, 0.25) is 5.91 Å². The standard InChI is InChI=1S/C24H25N7O/c1-15(2)9-10-25-22(32)14-31-13-17(12-26-31)16-7-8-18-21(11-16)29-30-23(18)24-27-19-5-3-4-6-20(19)28-24/h3-8,11-13,15H,9-10,14H2,1-2H3,(H,25,32)(H,27,28)(H,29,30). The third-order valence-corrected chi connectivity index (χ3v) is 5.49. The Morgan fingerprint density at radius 1 is 1.12 bits per heavy atom. The first-order chi connectivity index (χ1) is 15.6. The van der Waals surface area contributed by atoms with Crippen LogP contribution in [0.5, 0.6) is 0 Å². The van der Waals surface area contributed by atoms with Crippen molar-refractivity contribution in [3.8, 4) is 22.6 Å². The minimum Gasteiger partial charge on any atom is -0.354 e. The number of imidazole rings is 1. The minimum absolute atomic E-state index is 0.0280. The summed E-state index contributed by atoms with van der Waals surface area (Å²) < 4.78 is 1.66. The van der Waals surface area contributed by atoms with Crippen molar-refractivity contribution < 1.29 is 4.79 Å². The number of carbonyl (C=O) groups is 1. The second-order valence-electron chi connectivity index (χ2n) is 8.39. The molecule has 0 aliphatic rings. The summed E-state index contributed by atoms with van der Waals surface area (Å²) in [7, 11) is 0. The van der Waals surface area contributed by atoms with Crippen LogP contribution in [-0.4, -0.2) is 42.4 Å². The number of amides is 1. The highest BCUT2D eigenvalue weighted by atomic mass is 16.2. The fourth-order valence-electron chi connectivity index (χ4n) is 3.75. The van der Waals surface area contributed by atoms with Crippen LogP contribution in [0.3, 0.4) is 0 Å². The van der Waals surface area contributed by atoms with Crippen molar-refractivity contribution >= 4 is 27.8 Å². The van der Waals surface area contributed by atoms with Crippen molar-refractivity contribution in [2.45, 2.75) is 26.8 Å². The van der Waals surface area contributed by atoms with E-state index in [-0.39, 0.29) is 12.5 Å². The lowest BCUT2D eigenvalue weighted by Crippen LogP contribution is -2.29. The molecule has 0 spiro atoms. The molecule has 0 aliphatic heterocycles. The van der Waals surface area contributed by atoms with Gasteiger partial charge in [-0.05, 0) is 42.2 Å². The van der Waals surface area contributed by atoms with Crippen molar-refractivity contribution in [1.29, 1.82) is 0 Å². The van der Waals surface area contributed by atoms with Gasteiger partial charge in [0.1, 0.15) is 12.2 Å². The highest BCUT2D eigenvalue weighted by molar-refractivity contribution is 5.95. The van der Waals surface area contributed by atoms with Crippen LogP contribution in [0.2, 0.25) is 0 Å². The highest BCUT2D eigenvalue weighted by Gasteiger charge is 2.14. The largest absolute Gasteiger partial charge is 0.354 e. The highest BCUT2D eigenvalue weighted by Crippen LogP contribution is 2.29. The third kappa shape index (κ3) is 3.99. The molecule has 0 saturated carbocycles. The second kappa shape index (κ2) is 8.30. The summed E-state index contributed by atoms with van der Waals surface area (Å²) in [5.41, 5.74) is 5.55. The molecule has 5 rings (SSSR count). The Hall–Kier alpha value is -3.94. The first kappa shape index (κ1) is 20.0. The molecule has 0 fully saturated rings. The number of benzene rings is 2. The van der Waals surface area contributed by atoms with Crippen molar-refractivity contribution in [1.82, 2.24) is 35.3 Å². The van der Waals surface area contributed by atoms with E-state index in [1.807, 2.05) is 48.7 Å². The average Bonchev–Trinajstić information content (AvgIpc) is 3.50. The third-order valence-electron chi connectivity index (χ3n) is 5.49. The smallest absolute Gasteiger partial charge is 0.241 e. The zero-order valence-electron chi connectivity index (χ0n) is 18.1. The molecule has 3 heterocycles. The van der Waals surface area contributed by atoms with Gasteiger partial charge < -0.3 is 10.3 Å². The van der Waals surface area contributed by atoms with Crippen molar-refractivity contribution in [2.75, 3.05) is 6.54 Å². The van der Waals surface area contributed by atoms with Crippen LogP contribution in [0.15, 0.2) is 54.9 Å². The van der Waals surface area contributed by atoms with Gasteiger partial charge in [0, 0.05) is 23.7 Å². The number of nitrogens with one attached hydrogen (secondary N) is 3. The topological polar surface area (TPSA) is 104 Å². The molecule has 2 aromatic carbocycles. The van der Waals surface area contributed by atoms with Crippen molar-refractivity contribution in [2.24, 2.45) is 5.92 Å². The lowest BCUT2D eigenvalue weighted by atomic mass is 10.1. The quantitative estimate of drug-likeness (QED) is 0.363. The van der Waals surface area contributed by atoms with Gasteiger partial charge in [-0.25, -0.2) is 4.98 Å². The van der Waals surface area contributed by atoms with Crippen LogP contribution in [0, 0.1) is 5.92 Å². The number of aromatic nitrogens is 6. The molecule has 0 aliphatic carbocycles. The van der Waals surface area contributed by atoms with Gasteiger partial charge in [-0.2, -0.15) is 10.2 Å². The van der Waals surface area contributed by atoms with Crippen LogP contribution >= 0.6 is 0 Å². The summed E-state index contributed by atoms with van der Waals surface area (Å²) in [4.78, 5) is 20.1. The van der Waals surface area contributed by atoms with E-state index < -0.39 is 0 Å². The molecule has 0 radical (unpaired) electrons. The Bertz CT molecular complexity index is 1360. The van der Waals surface area contributed by atoms with E-state index in [0.717, 1.165) is 51.0 Å². The molecule has 0 bridgehead atoms. The summed E-state index contributed by atoms with van der Waals surface area (Å²) >= 11 is 0. The number of nitrogens with zero attached hydrogens (tertiary/aromatic N) is 4. The van der Waals surface area contributed by atoms with Gasteiger partial charge in [0.15, 0.2) is 5.82 Å². The molecule has 0 saturated heterocycles. The number of H-pyrrole nitrogens is 2. The summed E-state index contributed by atoms with van der Waals surface area (Å²) in [6.45, 7) is 5.18. The number of rotatable bonds is 7.